The molecule has 0 fully saturated rings. The summed E-state index contributed by atoms with van der Waals surface area (Å²) in [6, 6.07) is 14.2. The van der Waals surface area contributed by atoms with E-state index in [1.54, 1.807) is 30.3 Å². The SMILES string of the molecule is CNC(=O)COc1cc(C#N)ccc1C(O)(C(N)=O)c1ccccc1. The van der Waals surface area contributed by atoms with Crippen LogP contribution in [-0.2, 0) is 15.2 Å². The maximum absolute atomic E-state index is 12.1. The molecule has 0 spiro atoms. The summed E-state index contributed by atoms with van der Waals surface area (Å²) < 4.78 is 5.42. The Morgan fingerprint density at radius 3 is 2.52 bits per heavy atom. The Morgan fingerprint density at radius 1 is 1.28 bits per heavy atom. The van der Waals surface area contributed by atoms with Crippen molar-refractivity contribution >= 4 is 11.8 Å². The minimum atomic E-state index is -2.17. The standard InChI is InChI=1S/C18H17N3O4/c1-21-16(22)11-25-15-9-12(10-19)7-8-14(15)18(24,17(20)23)13-5-3-2-4-6-13/h2-9,24H,11H2,1H3,(H2,20,23)(H,21,22). The summed E-state index contributed by atoms with van der Waals surface area (Å²) in [6.07, 6.45) is 0. The highest BCUT2D eigenvalue weighted by Crippen LogP contribution is 2.36. The maximum Gasteiger partial charge on any atom is 0.258 e. The van der Waals surface area contributed by atoms with Crippen LogP contribution in [0, 0.1) is 11.3 Å². The van der Waals surface area contributed by atoms with Gasteiger partial charge in [-0.1, -0.05) is 36.4 Å². The smallest absolute Gasteiger partial charge is 0.258 e. The molecule has 0 aliphatic carbocycles. The normalized spacial score (nSPS) is 12.5. The second-order valence-electron chi connectivity index (χ2n) is 5.23. The minimum Gasteiger partial charge on any atom is -0.483 e. The average molecular weight is 339 g/mol. The van der Waals surface area contributed by atoms with Crippen molar-refractivity contribution in [2.75, 3.05) is 13.7 Å². The number of primary amides is 1. The van der Waals surface area contributed by atoms with Gasteiger partial charge in [-0.2, -0.15) is 5.26 Å². The quantitative estimate of drug-likeness (QED) is 0.702. The molecule has 4 N–H and O–H groups in total. The van der Waals surface area contributed by atoms with E-state index >= 15 is 0 Å². The summed E-state index contributed by atoms with van der Waals surface area (Å²) in [5.74, 6) is -1.39. The van der Waals surface area contributed by atoms with Crippen LogP contribution in [0.5, 0.6) is 5.75 Å². The van der Waals surface area contributed by atoms with Crippen LogP contribution < -0.4 is 15.8 Å². The minimum absolute atomic E-state index is 0.0211. The molecule has 0 bridgehead atoms. The van der Waals surface area contributed by atoms with E-state index in [0.29, 0.717) is 0 Å². The number of rotatable bonds is 6. The average Bonchev–Trinajstić information content (AvgIpc) is 2.65. The van der Waals surface area contributed by atoms with Crippen molar-refractivity contribution in [2.24, 2.45) is 5.73 Å². The van der Waals surface area contributed by atoms with Crippen molar-refractivity contribution in [3.63, 3.8) is 0 Å². The number of nitriles is 1. The Kier molecular flexibility index (Phi) is 5.37. The summed E-state index contributed by atoms with van der Waals surface area (Å²) in [7, 11) is 1.45. The lowest BCUT2D eigenvalue weighted by Crippen LogP contribution is -2.42. The van der Waals surface area contributed by atoms with Gasteiger partial charge in [-0.15, -0.1) is 0 Å². The largest absolute Gasteiger partial charge is 0.483 e. The van der Waals surface area contributed by atoms with Crippen LogP contribution in [0.25, 0.3) is 0 Å². The molecule has 0 aromatic heterocycles. The van der Waals surface area contributed by atoms with Gasteiger partial charge in [0.1, 0.15) is 5.75 Å². The molecule has 1 unspecified atom stereocenters. The van der Waals surface area contributed by atoms with Crippen LogP contribution in [-0.4, -0.2) is 30.6 Å². The van der Waals surface area contributed by atoms with Gasteiger partial charge in [0, 0.05) is 12.6 Å². The predicted octanol–water partition coefficient (Wildman–Crippen LogP) is 0.404. The van der Waals surface area contributed by atoms with E-state index in [9.17, 15) is 14.7 Å². The Hall–Kier alpha value is -3.37. The Morgan fingerprint density at radius 2 is 1.96 bits per heavy atom. The Bertz CT molecular complexity index is 830. The zero-order valence-electron chi connectivity index (χ0n) is 13.5. The molecule has 0 aliphatic rings. The number of carbonyl (C=O) groups excluding carboxylic acids is 2. The fraction of sp³-hybridized carbons (Fsp3) is 0.167. The van der Waals surface area contributed by atoms with Crippen molar-refractivity contribution in [3.8, 4) is 11.8 Å². The first kappa shape index (κ1) is 18.0. The first-order valence-corrected chi connectivity index (χ1v) is 7.39. The molecule has 128 valence electrons. The zero-order valence-corrected chi connectivity index (χ0v) is 13.5. The van der Waals surface area contributed by atoms with Crippen LogP contribution in [0.1, 0.15) is 16.7 Å². The van der Waals surface area contributed by atoms with Gasteiger partial charge in [-0.25, -0.2) is 0 Å². The van der Waals surface area contributed by atoms with E-state index in [1.807, 2.05) is 6.07 Å². The van der Waals surface area contributed by atoms with Gasteiger partial charge in [0.05, 0.1) is 11.6 Å². The van der Waals surface area contributed by atoms with Crippen molar-refractivity contribution in [3.05, 3.63) is 65.2 Å². The van der Waals surface area contributed by atoms with Crippen molar-refractivity contribution in [1.82, 2.24) is 5.32 Å². The molecule has 2 aromatic rings. The van der Waals surface area contributed by atoms with E-state index in [2.05, 4.69) is 5.32 Å². The molecule has 2 rings (SSSR count). The third-order valence-electron chi connectivity index (χ3n) is 3.69. The van der Waals surface area contributed by atoms with Gasteiger partial charge >= 0.3 is 0 Å². The molecule has 7 heteroatoms. The van der Waals surface area contributed by atoms with Gasteiger partial charge in [0.25, 0.3) is 11.8 Å². The molecule has 2 aromatic carbocycles. The molecule has 1 atom stereocenters. The van der Waals surface area contributed by atoms with Crippen LogP contribution in [0.4, 0.5) is 0 Å². The highest BCUT2D eigenvalue weighted by atomic mass is 16.5. The van der Waals surface area contributed by atoms with E-state index < -0.39 is 17.4 Å². The summed E-state index contributed by atoms with van der Waals surface area (Å²) >= 11 is 0. The number of nitrogens with one attached hydrogen (secondary N) is 1. The van der Waals surface area contributed by atoms with Crippen LogP contribution in [0.3, 0.4) is 0 Å². The highest BCUT2D eigenvalue weighted by molar-refractivity contribution is 5.89. The summed E-state index contributed by atoms with van der Waals surface area (Å²) in [4.78, 5) is 23.5. The van der Waals surface area contributed by atoms with Gasteiger partial charge in [-0.3, -0.25) is 9.59 Å². The molecule has 7 nitrogen and oxygen atoms in total. The van der Waals surface area contributed by atoms with E-state index in [0.717, 1.165) is 0 Å². The van der Waals surface area contributed by atoms with E-state index in [4.69, 9.17) is 15.7 Å². The molecule has 0 radical (unpaired) electrons. The van der Waals surface area contributed by atoms with Gasteiger partial charge in [0.2, 0.25) is 0 Å². The number of likely N-dealkylation sites (N-methyl/N-ethyl adjacent to an activating group) is 1. The second kappa shape index (κ2) is 7.47. The maximum atomic E-state index is 12.1. The number of aliphatic hydroxyl groups is 1. The number of hydrogen-bond acceptors (Lipinski definition) is 5. The Balaban J connectivity index is 2.59. The third-order valence-corrected chi connectivity index (χ3v) is 3.69. The van der Waals surface area contributed by atoms with Crippen molar-refractivity contribution in [1.29, 1.82) is 5.26 Å². The zero-order chi connectivity index (χ0) is 18.4. The number of benzene rings is 2. The van der Waals surface area contributed by atoms with Crippen LogP contribution in [0.15, 0.2) is 48.5 Å². The molecule has 0 aliphatic heterocycles. The number of hydrogen-bond donors (Lipinski definition) is 3. The second-order valence-corrected chi connectivity index (χ2v) is 5.23. The lowest BCUT2D eigenvalue weighted by Gasteiger charge is -2.27. The molecule has 0 heterocycles. The van der Waals surface area contributed by atoms with Crippen molar-refractivity contribution in [2.45, 2.75) is 5.60 Å². The van der Waals surface area contributed by atoms with Crippen molar-refractivity contribution < 1.29 is 19.4 Å². The molecule has 25 heavy (non-hydrogen) atoms. The fourth-order valence-corrected chi connectivity index (χ4v) is 2.34. The summed E-state index contributed by atoms with van der Waals surface area (Å²) in [5, 5.41) is 22.5. The van der Waals surface area contributed by atoms with Crippen LogP contribution in [0.2, 0.25) is 0 Å². The summed E-state index contributed by atoms with van der Waals surface area (Å²) in [6.45, 7) is -0.345. The number of carbonyl (C=O) groups is 2. The molecular weight excluding hydrogens is 322 g/mol. The van der Waals surface area contributed by atoms with Crippen LogP contribution >= 0.6 is 0 Å². The topological polar surface area (TPSA) is 125 Å². The highest BCUT2D eigenvalue weighted by Gasteiger charge is 2.40. The number of nitrogens with zero attached hydrogens (tertiary/aromatic N) is 1. The number of nitrogens with two attached hydrogens (primary N) is 1. The Labute approximate surface area is 144 Å². The molecule has 0 saturated heterocycles. The van der Waals surface area contributed by atoms with E-state index in [-0.39, 0.29) is 29.0 Å². The monoisotopic (exact) mass is 339 g/mol. The lowest BCUT2D eigenvalue weighted by atomic mass is 9.84. The number of ether oxygens (including phenoxy) is 1. The molecule has 0 saturated carbocycles. The molecular formula is C18H17N3O4. The van der Waals surface area contributed by atoms with Gasteiger partial charge in [0.15, 0.2) is 12.2 Å². The number of amides is 2. The van der Waals surface area contributed by atoms with Gasteiger partial charge in [-0.05, 0) is 17.7 Å². The van der Waals surface area contributed by atoms with E-state index in [1.165, 1.54) is 25.2 Å². The first-order valence-electron chi connectivity index (χ1n) is 7.39. The molecule has 2 amide bonds. The lowest BCUT2D eigenvalue weighted by molar-refractivity contribution is -0.133. The fourth-order valence-electron chi connectivity index (χ4n) is 2.34. The first-order chi connectivity index (χ1) is 11.9. The third kappa shape index (κ3) is 3.59. The predicted molar refractivity (Wildman–Crippen MR) is 89.4 cm³/mol. The van der Waals surface area contributed by atoms with Gasteiger partial charge < -0.3 is 20.9 Å². The summed E-state index contributed by atoms with van der Waals surface area (Å²) in [5.41, 5.74) is 3.84.